The molecule has 0 radical (unpaired) electrons. The molecular weight excluding hydrogens is 384 g/mol. The monoisotopic (exact) mass is 410 g/mol. The van der Waals surface area contributed by atoms with E-state index in [1.807, 2.05) is 0 Å². The topological polar surface area (TPSA) is 66.6 Å². The lowest BCUT2D eigenvalue weighted by atomic mass is 9.89. The van der Waals surface area contributed by atoms with Crippen molar-refractivity contribution in [1.82, 2.24) is 19.9 Å². The zero-order valence-corrected chi connectivity index (χ0v) is 18.2. The molecule has 6 rings (SSSR count). The Morgan fingerprint density at radius 1 is 0.903 bits per heavy atom. The number of hydrogen-bond acceptors (Lipinski definition) is 3. The molecule has 1 aliphatic carbocycles. The average Bonchev–Trinajstić information content (AvgIpc) is 3.42. The highest BCUT2D eigenvalue weighted by molar-refractivity contribution is 5.79. The lowest BCUT2D eigenvalue weighted by molar-refractivity contribution is 0.298. The third-order valence-corrected chi connectivity index (χ3v) is 6.45. The number of imidazole rings is 2. The van der Waals surface area contributed by atoms with Crippen LogP contribution in [0.3, 0.4) is 0 Å². The van der Waals surface area contributed by atoms with Crippen LogP contribution in [-0.4, -0.2) is 19.9 Å². The van der Waals surface area contributed by atoms with Crippen LogP contribution in [0.2, 0.25) is 0 Å². The van der Waals surface area contributed by atoms with Gasteiger partial charge in [0.2, 0.25) is 0 Å². The summed E-state index contributed by atoms with van der Waals surface area (Å²) in [7, 11) is 0. The summed E-state index contributed by atoms with van der Waals surface area (Å²) in [5, 5.41) is 0. The molecule has 2 aliphatic rings. The molecule has 0 fully saturated rings. The number of aromatic nitrogens is 4. The molecule has 2 aromatic heterocycles. The second-order valence-electron chi connectivity index (χ2n) is 8.84. The van der Waals surface area contributed by atoms with Crippen LogP contribution in [0.4, 0.5) is 0 Å². The van der Waals surface area contributed by atoms with Crippen LogP contribution in [0.25, 0.3) is 33.6 Å². The molecule has 0 unspecified atom stereocenters. The van der Waals surface area contributed by atoms with Gasteiger partial charge in [-0.3, -0.25) is 0 Å². The van der Waals surface area contributed by atoms with Crippen molar-refractivity contribution in [2.24, 2.45) is 0 Å². The third kappa shape index (κ3) is 2.91. The number of hydrogen-bond donors (Lipinski definition) is 2. The van der Waals surface area contributed by atoms with Crippen molar-refractivity contribution >= 4 is 0 Å². The first kappa shape index (κ1) is 18.4. The highest BCUT2D eigenvalue weighted by atomic mass is 16.5. The number of ether oxygens (including phenoxy) is 1. The Morgan fingerprint density at radius 3 is 2.48 bits per heavy atom. The molecule has 0 saturated heterocycles. The Bertz CT molecular complexity index is 1310. The summed E-state index contributed by atoms with van der Waals surface area (Å²) in [6, 6.07) is 13.2. The molecule has 0 saturated carbocycles. The maximum absolute atomic E-state index is 6.07. The molecule has 4 aromatic rings. The van der Waals surface area contributed by atoms with E-state index < -0.39 is 0 Å². The number of benzene rings is 2. The SMILES string of the molecule is CCc1nc2c([nH]1)COc1cc(-c3ccc4c(c3)CCc3[nH]c(C(C)C)nc3-4)ccc1-2. The zero-order valence-electron chi connectivity index (χ0n) is 18.2. The van der Waals surface area contributed by atoms with Crippen molar-refractivity contribution in [3.05, 3.63) is 65.0 Å². The van der Waals surface area contributed by atoms with Crippen LogP contribution >= 0.6 is 0 Å². The van der Waals surface area contributed by atoms with E-state index in [0.717, 1.165) is 59.3 Å². The molecule has 31 heavy (non-hydrogen) atoms. The zero-order chi connectivity index (χ0) is 21.1. The smallest absolute Gasteiger partial charge is 0.130 e. The molecular formula is C26H26N4O. The number of fused-ring (bicyclic) bond motifs is 6. The Balaban J connectivity index is 1.37. The van der Waals surface area contributed by atoms with Crippen LogP contribution in [0.15, 0.2) is 36.4 Å². The predicted octanol–water partition coefficient (Wildman–Crippen LogP) is 5.81. The molecule has 0 spiro atoms. The summed E-state index contributed by atoms with van der Waals surface area (Å²) in [6.07, 6.45) is 2.94. The number of nitrogens with zero attached hydrogens (tertiary/aromatic N) is 2. The molecule has 156 valence electrons. The Morgan fingerprint density at radius 2 is 1.68 bits per heavy atom. The van der Waals surface area contributed by atoms with Crippen molar-refractivity contribution in [2.45, 2.75) is 52.6 Å². The van der Waals surface area contributed by atoms with E-state index >= 15 is 0 Å². The van der Waals surface area contributed by atoms with Crippen molar-refractivity contribution < 1.29 is 4.74 Å². The maximum atomic E-state index is 6.07. The summed E-state index contributed by atoms with van der Waals surface area (Å²) in [5.74, 6) is 3.41. The van der Waals surface area contributed by atoms with Crippen molar-refractivity contribution in [1.29, 1.82) is 0 Å². The fourth-order valence-electron chi connectivity index (χ4n) is 4.70. The van der Waals surface area contributed by atoms with Crippen LogP contribution in [0, 0.1) is 0 Å². The van der Waals surface area contributed by atoms with Gasteiger partial charge in [0.05, 0.1) is 17.1 Å². The van der Waals surface area contributed by atoms with E-state index in [-0.39, 0.29) is 0 Å². The third-order valence-electron chi connectivity index (χ3n) is 6.45. The van der Waals surface area contributed by atoms with Crippen molar-refractivity contribution in [3.8, 4) is 39.4 Å². The molecule has 3 heterocycles. The van der Waals surface area contributed by atoms with Gasteiger partial charge in [-0.2, -0.15) is 0 Å². The van der Waals surface area contributed by atoms with E-state index in [1.54, 1.807) is 0 Å². The standard InChI is InChI=1S/C26H26N4O/c1-4-23-27-21-13-31-22-12-16(6-9-19(22)25(21)29-23)15-5-8-18-17(11-15)7-10-20-24(18)30-26(28-20)14(2)3/h5-6,8-9,11-12,14H,4,7,10,13H2,1-3H3,(H,27,29)(H,28,30). The molecule has 5 nitrogen and oxygen atoms in total. The van der Waals surface area contributed by atoms with E-state index in [4.69, 9.17) is 14.7 Å². The lowest BCUT2D eigenvalue weighted by Crippen LogP contribution is -2.05. The van der Waals surface area contributed by atoms with Gasteiger partial charge in [0, 0.05) is 29.2 Å². The fraction of sp³-hybridized carbons (Fsp3) is 0.308. The van der Waals surface area contributed by atoms with Crippen LogP contribution < -0.4 is 4.74 Å². The van der Waals surface area contributed by atoms with Gasteiger partial charge < -0.3 is 14.7 Å². The van der Waals surface area contributed by atoms with E-state index in [1.165, 1.54) is 27.9 Å². The van der Waals surface area contributed by atoms with E-state index in [9.17, 15) is 0 Å². The maximum Gasteiger partial charge on any atom is 0.130 e. The Labute approximate surface area is 181 Å². The first-order valence-corrected chi connectivity index (χ1v) is 11.2. The van der Waals surface area contributed by atoms with Gasteiger partial charge in [-0.1, -0.05) is 45.0 Å². The van der Waals surface area contributed by atoms with Gasteiger partial charge in [-0.15, -0.1) is 0 Å². The molecule has 2 N–H and O–H groups in total. The molecule has 1 aliphatic heterocycles. The van der Waals surface area contributed by atoms with E-state index in [0.29, 0.717) is 12.5 Å². The number of H-pyrrole nitrogens is 2. The van der Waals surface area contributed by atoms with E-state index in [2.05, 4.69) is 67.1 Å². The van der Waals surface area contributed by atoms with Gasteiger partial charge >= 0.3 is 0 Å². The van der Waals surface area contributed by atoms with Gasteiger partial charge in [0.25, 0.3) is 0 Å². The number of nitrogens with one attached hydrogen (secondary N) is 2. The normalized spacial score (nSPS) is 13.9. The van der Waals surface area contributed by atoms with Crippen LogP contribution in [-0.2, 0) is 25.9 Å². The van der Waals surface area contributed by atoms with Gasteiger partial charge in [0.1, 0.15) is 24.0 Å². The minimum atomic E-state index is 0.409. The lowest BCUT2D eigenvalue weighted by Gasteiger charge is -2.19. The number of aromatic amines is 2. The second kappa shape index (κ2) is 6.84. The minimum Gasteiger partial charge on any atom is -0.487 e. The molecule has 0 amide bonds. The minimum absolute atomic E-state index is 0.409. The summed E-state index contributed by atoms with van der Waals surface area (Å²) < 4.78 is 6.07. The first-order chi connectivity index (χ1) is 15.1. The fourth-order valence-corrected chi connectivity index (χ4v) is 4.70. The predicted molar refractivity (Wildman–Crippen MR) is 122 cm³/mol. The van der Waals surface area contributed by atoms with Gasteiger partial charge in [-0.25, -0.2) is 9.97 Å². The summed E-state index contributed by atoms with van der Waals surface area (Å²) in [5.41, 5.74) is 10.6. The second-order valence-corrected chi connectivity index (χ2v) is 8.84. The molecule has 0 bridgehead atoms. The molecule has 5 heteroatoms. The number of rotatable bonds is 3. The highest BCUT2D eigenvalue weighted by Gasteiger charge is 2.24. The summed E-state index contributed by atoms with van der Waals surface area (Å²) in [6.45, 7) is 7.02. The van der Waals surface area contributed by atoms with Crippen molar-refractivity contribution in [3.63, 3.8) is 0 Å². The highest BCUT2D eigenvalue weighted by Crippen LogP contribution is 2.40. The molecule has 0 atom stereocenters. The first-order valence-electron chi connectivity index (χ1n) is 11.2. The number of aryl methyl sites for hydroxylation is 3. The van der Waals surface area contributed by atoms with Crippen LogP contribution in [0.1, 0.15) is 55.3 Å². The Kier molecular flexibility index (Phi) is 4.07. The average molecular weight is 411 g/mol. The van der Waals surface area contributed by atoms with Gasteiger partial charge in [0.15, 0.2) is 0 Å². The largest absolute Gasteiger partial charge is 0.487 e. The summed E-state index contributed by atoms with van der Waals surface area (Å²) >= 11 is 0. The molecule has 2 aromatic carbocycles. The van der Waals surface area contributed by atoms with Gasteiger partial charge in [-0.05, 0) is 41.7 Å². The quantitative estimate of drug-likeness (QED) is 0.448. The van der Waals surface area contributed by atoms with Crippen LogP contribution in [0.5, 0.6) is 5.75 Å². The Hall–Kier alpha value is -3.34. The van der Waals surface area contributed by atoms with Crippen molar-refractivity contribution in [2.75, 3.05) is 0 Å². The summed E-state index contributed by atoms with van der Waals surface area (Å²) in [4.78, 5) is 16.6.